The number of rotatable bonds is 7. The van der Waals surface area contributed by atoms with E-state index < -0.39 is 21.7 Å². The van der Waals surface area contributed by atoms with Crippen LogP contribution in [-0.4, -0.2) is 31.6 Å². The normalized spacial score (nSPS) is 13.7. The maximum absolute atomic E-state index is 13.8. The Morgan fingerprint density at radius 1 is 1.15 bits per heavy atom. The summed E-state index contributed by atoms with van der Waals surface area (Å²) in [6, 6.07) is 9.20. The van der Waals surface area contributed by atoms with Gasteiger partial charge in [0.2, 0.25) is 10.0 Å². The van der Waals surface area contributed by atoms with E-state index in [2.05, 4.69) is 0 Å². The quantitative estimate of drug-likeness (QED) is 0.739. The summed E-state index contributed by atoms with van der Waals surface area (Å²) in [6.07, 6.45) is 1.16. The molecule has 0 atom stereocenters. The monoisotopic (exact) mass is 381 g/mol. The van der Waals surface area contributed by atoms with Crippen molar-refractivity contribution in [1.82, 2.24) is 4.31 Å². The molecule has 26 heavy (non-hydrogen) atoms. The van der Waals surface area contributed by atoms with Crippen molar-refractivity contribution in [3.8, 4) is 5.75 Å². The van der Waals surface area contributed by atoms with Gasteiger partial charge in [0.05, 0.1) is 12.4 Å². The fourth-order valence-electron chi connectivity index (χ4n) is 3.04. The Morgan fingerprint density at radius 3 is 2.58 bits per heavy atom. The summed E-state index contributed by atoms with van der Waals surface area (Å²) in [4.78, 5) is 0. The van der Waals surface area contributed by atoms with Gasteiger partial charge in [-0.15, -0.1) is 0 Å². The van der Waals surface area contributed by atoms with Gasteiger partial charge in [-0.1, -0.05) is 25.1 Å². The van der Waals surface area contributed by atoms with Crippen molar-refractivity contribution in [3.05, 3.63) is 64.7 Å². The zero-order valence-corrected chi connectivity index (χ0v) is 15.4. The average molecular weight is 381 g/mol. The van der Waals surface area contributed by atoms with Gasteiger partial charge in [0.1, 0.15) is 17.4 Å². The summed E-state index contributed by atoms with van der Waals surface area (Å²) in [5.74, 6) is -0.743. The fraction of sp³-hybridized carbons (Fsp3) is 0.368. The molecule has 3 rings (SSSR count). The van der Waals surface area contributed by atoms with Crippen LogP contribution in [0.25, 0.3) is 0 Å². The lowest BCUT2D eigenvalue weighted by molar-refractivity contribution is 0.357. The number of aryl methyl sites for hydroxylation is 1. The van der Waals surface area contributed by atoms with Crippen LogP contribution in [0.4, 0.5) is 8.78 Å². The van der Waals surface area contributed by atoms with Crippen molar-refractivity contribution < 1.29 is 21.9 Å². The second-order valence-corrected chi connectivity index (χ2v) is 8.32. The van der Waals surface area contributed by atoms with Crippen LogP contribution in [0.3, 0.4) is 0 Å². The predicted octanol–water partition coefficient (Wildman–Crippen LogP) is 3.29. The largest absolute Gasteiger partial charge is 0.493 e. The molecule has 0 fully saturated rings. The first-order chi connectivity index (χ1) is 12.4. The minimum absolute atomic E-state index is 0.115. The van der Waals surface area contributed by atoms with E-state index in [1.54, 1.807) is 6.92 Å². The Balaban J connectivity index is 1.71. The number of benzene rings is 2. The zero-order chi connectivity index (χ0) is 18.7. The highest BCUT2D eigenvalue weighted by molar-refractivity contribution is 7.89. The molecule has 0 N–H and O–H groups in total. The third-order valence-electron chi connectivity index (χ3n) is 4.54. The summed E-state index contributed by atoms with van der Waals surface area (Å²) in [5, 5.41) is 0. The second-order valence-electron chi connectivity index (χ2n) is 6.23. The van der Waals surface area contributed by atoms with Gasteiger partial charge >= 0.3 is 0 Å². The predicted molar refractivity (Wildman–Crippen MR) is 95.6 cm³/mol. The number of hydrogen-bond donors (Lipinski definition) is 0. The van der Waals surface area contributed by atoms with Crippen LogP contribution in [0.5, 0.6) is 5.75 Å². The minimum Gasteiger partial charge on any atom is -0.493 e. The molecule has 1 aliphatic heterocycles. The van der Waals surface area contributed by atoms with Crippen LogP contribution in [-0.2, 0) is 29.4 Å². The second kappa shape index (κ2) is 7.72. The third kappa shape index (κ3) is 4.04. The topological polar surface area (TPSA) is 46.6 Å². The molecule has 2 aromatic rings. The zero-order valence-electron chi connectivity index (χ0n) is 14.5. The molecule has 0 saturated carbocycles. The molecule has 0 radical (unpaired) electrons. The Kier molecular flexibility index (Phi) is 5.58. The van der Waals surface area contributed by atoms with Crippen LogP contribution in [0.2, 0.25) is 0 Å². The number of halogens is 2. The van der Waals surface area contributed by atoms with Crippen LogP contribution >= 0.6 is 0 Å². The number of sulfonamides is 1. The van der Waals surface area contributed by atoms with Crippen molar-refractivity contribution >= 4 is 10.0 Å². The SMILES string of the molecule is CCN(Cc1c(F)cccc1F)S(=O)(=O)CCc1ccc2c(c1)CCO2. The lowest BCUT2D eigenvalue weighted by Gasteiger charge is -2.21. The number of hydrogen-bond acceptors (Lipinski definition) is 3. The number of ether oxygens (including phenoxy) is 1. The van der Waals surface area contributed by atoms with Crippen LogP contribution < -0.4 is 4.74 Å². The molecule has 2 aromatic carbocycles. The van der Waals surface area contributed by atoms with Gasteiger partial charge in [0, 0.05) is 25.1 Å². The molecule has 0 unspecified atom stereocenters. The van der Waals surface area contributed by atoms with Crippen molar-refractivity contribution in [2.75, 3.05) is 18.9 Å². The van der Waals surface area contributed by atoms with Gasteiger partial charge in [0.25, 0.3) is 0 Å². The molecule has 0 amide bonds. The molecule has 0 bridgehead atoms. The molecule has 0 aliphatic carbocycles. The highest BCUT2D eigenvalue weighted by Crippen LogP contribution is 2.26. The summed E-state index contributed by atoms with van der Waals surface area (Å²) in [6.45, 7) is 2.14. The lowest BCUT2D eigenvalue weighted by atomic mass is 10.1. The van der Waals surface area contributed by atoms with Crippen LogP contribution in [0.15, 0.2) is 36.4 Å². The molecule has 0 aromatic heterocycles. The molecular weight excluding hydrogens is 360 g/mol. The standard InChI is InChI=1S/C19H21F2NO3S/c1-2-22(13-16-17(20)4-3-5-18(16)21)26(23,24)11-9-14-6-7-19-15(12-14)8-10-25-19/h3-7,12H,2,8-11,13H2,1H3. The minimum atomic E-state index is -3.65. The molecule has 1 heterocycles. The summed E-state index contributed by atoms with van der Waals surface area (Å²) < 4.78 is 59.5. The van der Waals surface area contributed by atoms with Crippen molar-refractivity contribution in [2.24, 2.45) is 0 Å². The van der Waals surface area contributed by atoms with E-state index in [0.717, 1.165) is 39.7 Å². The first kappa shape index (κ1) is 18.8. The Hall–Kier alpha value is -1.99. The lowest BCUT2D eigenvalue weighted by Crippen LogP contribution is -2.33. The maximum atomic E-state index is 13.8. The van der Waals surface area contributed by atoms with E-state index in [4.69, 9.17) is 4.74 Å². The van der Waals surface area contributed by atoms with E-state index in [1.807, 2.05) is 18.2 Å². The highest BCUT2D eigenvalue weighted by Gasteiger charge is 2.23. The Labute approximate surface area is 152 Å². The summed E-state index contributed by atoms with van der Waals surface area (Å²) in [5.41, 5.74) is 1.76. The molecule has 4 nitrogen and oxygen atoms in total. The van der Waals surface area contributed by atoms with Gasteiger partial charge < -0.3 is 4.74 Å². The maximum Gasteiger partial charge on any atom is 0.214 e. The van der Waals surface area contributed by atoms with Crippen LogP contribution in [0, 0.1) is 11.6 Å². The van der Waals surface area contributed by atoms with Gasteiger partial charge in [-0.25, -0.2) is 17.2 Å². The van der Waals surface area contributed by atoms with E-state index in [1.165, 1.54) is 6.07 Å². The van der Waals surface area contributed by atoms with Crippen molar-refractivity contribution in [1.29, 1.82) is 0 Å². The van der Waals surface area contributed by atoms with E-state index in [0.29, 0.717) is 13.0 Å². The van der Waals surface area contributed by atoms with E-state index >= 15 is 0 Å². The number of nitrogens with zero attached hydrogens (tertiary/aromatic N) is 1. The third-order valence-corrected chi connectivity index (χ3v) is 6.44. The van der Waals surface area contributed by atoms with Gasteiger partial charge in [-0.2, -0.15) is 4.31 Å². The van der Waals surface area contributed by atoms with Gasteiger partial charge in [0.15, 0.2) is 0 Å². The summed E-state index contributed by atoms with van der Waals surface area (Å²) >= 11 is 0. The smallest absolute Gasteiger partial charge is 0.214 e. The van der Waals surface area contributed by atoms with Crippen LogP contribution in [0.1, 0.15) is 23.6 Å². The first-order valence-corrected chi connectivity index (χ1v) is 10.2. The molecule has 1 aliphatic rings. The van der Waals surface area contributed by atoms with Gasteiger partial charge in [-0.3, -0.25) is 0 Å². The van der Waals surface area contributed by atoms with Gasteiger partial charge in [-0.05, 0) is 35.7 Å². The Morgan fingerprint density at radius 2 is 1.88 bits per heavy atom. The molecule has 140 valence electrons. The highest BCUT2D eigenvalue weighted by atomic mass is 32.2. The van der Waals surface area contributed by atoms with Crippen molar-refractivity contribution in [3.63, 3.8) is 0 Å². The fourth-order valence-corrected chi connectivity index (χ4v) is 4.51. The Bertz CT molecular complexity index is 879. The molecule has 0 saturated heterocycles. The average Bonchev–Trinajstić information content (AvgIpc) is 3.07. The van der Waals surface area contributed by atoms with Crippen molar-refractivity contribution in [2.45, 2.75) is 26.3 Å². The molecule has 0 spiro atoms. The van der Waals surface area contributed by atoms with E-state index in [9.17, 15) is 17.2 Å². The molecule has 7 heteroatoms. The number of fused-ring (bicyclic) bond motifs is 1. The van der Waals surface area contributed by atoms with E-state index in [-0.39, 0.29) is 24.4 Å². The first-order valence-electron chi connectivity index (χ1n) is 8.56. The summed E-state index contributed by atoms with van der Waals surface area (Å²) in [7, 11) is -3.65. The molecular formula is C19H21F2NO3S.